The van der Waals surface area contributed by atoms with Crippen LogP contribution in [0, 0.1) is 5.92 Å². The second kappa shape index (κ2) is 13.1. The standard InChI is InChI=1S/C20H23BrN2OS.C3H6O2/c1-14(2)19(20(25)22-18-12-8-7-11-17(18)21)23(15(3)24)13-16-9-5-4-6-10-16;1-3(4)5-2/h4-12,14,19H,13H2,1-3H3,(H,22,25);1-2H3. The van der Waals surface area contributed by atoms with Gasteiger partial charge in [0.25, 0.3) is 0 Å². The van der Waals surface area contributed by atoms with Crippen LogP contribution in [0.25, 0.3) is 0 Å². The van der Waals surface area contributed by atoms with Crippen LogP contribution in [0.3, 0.4) is 0 Å². The Kier molecular flexibility index (Phi) is 11.3. The van der Waals surface area contributed by atoms with Gasteiger partial charge < -0.3 is 15.0 Å². The first kappa shape index (κ1) is 25.8. The van der Waals surface area contributed by atoms with Crippen LogP contribution in [-0.4, -0.2) is 34.9 Å². The fourth-order valence-electron chi connectivity index (χ4n) is 2.76. The molecule has 30 heavy (non-hydrogen) atoms. The van der Waals surface area contributed by atoms with Crippen LogP contribution < -0.4 is 5.32 Å². The second-order valence-corrected chi connectivity index (χ2v) is 8.28. The number of anilines is 1. The number of thiocarbonyl (C=S) groups is 1. The molecule has 0 spiro atoms. The van der Waals surface area contributed by atoms with E-state index >= 15 is 0 Å². The molecule has 1 N–H and O–H groups in total. The van der Waals surface area contributed by atoms with Gasteiger partial charge in [0.15, 0.2) is 0 Å². The highest BCUT2D eigenvalue weighted by atomic mass is 79.9. The van der Waals surface area contributed by atoms with Gasteiger partial charge >= 0.3 is 5.97 Å². The van der Waals surface area contributed by atoms with E-state index in [1.165, 1.54) is 14.0 Å². The van der Waals surface area contributed by atoms with Gasteiger partial charge in [-0.15, -0.1) is 0 Å². The number of benzene rings is 2. The van der Waals surface area contributed by atoms with Crippen LogP contribution in [0.4, 0.5) is 5.69 Å². The van der Waals surface area contributed by atoms with Gasteiger partial charge in [0.05, 0.1) is 18.8 Å². The van der Waals surface area contributed by atoms with E-state index in [0.29, 0.717) is 11.5 Å². The van der Waals surface area contributed by atoms with E-state index in [0.717, 1.165) is 15.7 Å². The molecule has 0 saturated carbocycles. The molecule has 2 rings (SSSR count). The van der Waals surface area contributed by atoms with Crippen molar-refractivity contribution in [2.75, 3.05) is 12.4 Å². The van der Waals surface area contributed by atoms with Crippen molar-refractivity contribution in [3.05, 3.63) is 64.6 Å². The number of nitrogens with one attached hydrogen (secondary N) is 1. The van der Waals surface area contributed by atoms with Gasteiger partial charge in [-0.2, -0.15) is 0 Å². The van der Waals surface area contributed by atoms with Crippen molar-refractivity contribution in [2.24, 2.45) is 5.92 Å². The van der Waals surface area contributed by atoms with E-state index in [1.807, 2.05) is 59.5 Å². The number of carbonyl (C=O) groups excluding carboxylic acids is 2. The number of hydrogen-bond donors (Lipinski definition) is 1. The number of rotatable bonds is 6. The molecule has 1 atom stereocenters. The summed E-state index contributed by atoms with van der Waals surface area (Å²) in [6.45, 7) is 7.66. The van der Waals surface area contributed by atoms with Crippen molar-refractivity contribution < 1.29 is 14.3 Å². The Morgan fingerprint density at radius 3 is 2.07 bits per heavy atom. The third-order valence-electron chi connectivity index (χ3n) is 4.26. The van der Waals surface area contributed by atoms with Crippen LogP contribution in [-0.2, 0) is 20.9 Å². The van der Waals surface area contributed by atoms with Crippen LogP contribution in [0.5, 0.6) is 0 Å². The molecule has 0 aliphatic carbocycles. The largest absolute Gasteiger partial charge is 0.469 e. The van der Waals surface area contributed by atoms with Crippen molar-refractivity contribution in [3.63, 3.8) is 0 Å². The number of esters is 1. The van der Waals surface area contributed by atoms with Gasteiger partial charge in [-0.25, -0.2) is 0 Å². The van der Waals surface area contributed by atoms with Gasteiger partial charge in [0.1, 0.15) is 4.99 Å². The maximum Gasteiger partial charge on any atom is 0.302 e. The lowest BCUT2D eigenvalue weighted by molar-refractivity contribution is -0.138. The highest BCUT2D eigenvalue weighted by Gasteiger charge is 2.28. The molecule has 1 unspecified atom stereocenters. The monoisotopic (exact) mass is 492 g/mol. The molecule has 0 aliphatic rings. The first-order valence-electron chi connectivity index (χ1n) is 9.58. The van der Waals surface area contributed by atoms with E-state index in [4.69, 9.17) is 12.2 Å². The van der Waals surface area contributed by atoms with Crippen LogP contribution in [0.2, 0.25) is 0 Å². The van der Waals surface area contributed by atoms with Crippen molar-refractivity contribution in [2.45, 2.75) is 40.3 Å². The molecule has 2 aromatic rings. The average molecular weight is 493 g/mol. The second-order valence-electron chi connectivity index (χ2n) is 6.99. The molecule has 0 heterocycles. The molecule has 5 nitrogen and oxygen atoms in total. The number of ether oxygens (including phenoxy) is 1. The summed E-state index contributed by atoms with van der Waals surface area (Å²) in [4.78, 5) is 24.4. The zero-order valence-electron chi connectivity index (χ0n) is 18.0. The highest BCUT2D eigenvalue weighted by Crippen LogP contribution is 2.24. The predicted octanol–water partition coefficient (Wildman–Crippen LogP) is 5.44. The molecule has 162 valence electrons. The SMILES string of the molecule is CC(=O)N(Cc1ccccc1)C(C(=S)Nc1ccccc1Br)C(C)C.COC(C)=O. The molecule has 0 bridgehead atoms. The lowest BCUT2D eigenvalue weighted by atomic mass is 10.0. The fourth-order valence-corrected chi connectivity index (χ4v) is 3.65. The van der Waals surface area contributed by atoms with Crippen molar-refractivity contribution in [1.82, 2.24) is 4.90 Å². The molecular formula is C23H29BrN2O3S. The number of methoxy groups -OCH3 is 1. The van der Waals surface area contributed by atoms with Gasteiger partial charge in [0.2, 0.25) is 5.91 Å². The Hall–Kier alpha value is -2.25. The van der Waals surface area contributed by atoms with E-state index in [2.05, 4.69) is 39.8 Å². The minimum Gasteiger partial charge on any atom is -0.469 e. The van der Waals surface area contributed by atoms with E-state index < -0.39 is 0 Å². The Morgan fingerprint density at radius 1 is 1.07 bits per heavy atom. The van der Waals surface area contributed by atoms with Crippen molar-refractivity contribution >= 4 is 50.7 Å². The number of amides is 1. The third kappa shape index (κ3) is 8.63. The van der Waals surface area contributed by atoms with E-state index in [9.17, 15) is 9.59 Å². The number of para-hydroxylation sites is 1. The number of nitrogens with zero attached hydrogens (tertiary/aromatic N) is 1. The summed E-state index contributed by atoms with van der Waals surface area (Å²) >= 11 is 9.21. The Balaban J connectivity index is 0.000000804. The summed E-state index contributed by atoms with van der Waals surface area (Å²) in [6.07, 6.45) is 0. The molecular weight excluding hydrogens is 464 g/mol. The Labute approximate surface area is 192 Å². The van der Waals surface area contributed by atoms with Crippen LogP contribution in [0.1, 0.15) is 33.3 Å². The lowest BCUT2D eigenvalue weighted by Crippen LogP contribution is -2.48. The van der Waals surface area contributed by atoms with Crippen LogP contribution >= 0.6 is 28.1 Å². The minimum absolute atomic E-state index is 0.0128. The third-order valence-corrected chi connectivity index (χ3v) is 5.29. The lowest BCUT2D eigenvalue weighted by Gasteiger charge is -2.34. The molecule has 0 radical (unpaired) electrons. The smallest absolute Gasteiger partial charge is 0.302 e. The summed E-state index contributed by atoms with van der Waals surface area (Å²) < 4.78 is 5.05. The molecule has 2 aromatic carbocycles. The van der Waals surface area contributed by atoms with Gasteiger partial charge in [-0.05, 0) is 39.5 Å². The summed E-state index contributed by atoms with van der Waals surface area (Å²) in [5.41, 5.74) is 1.99. The highest BCUT2D eigenvalue weighted by molar-refractivity contribution is 9.10. The van der Waals surface area contributed by atoms with Crippen LogP contribution in [0.15, 0.2) is 59.1 Å². The summed E-state index contributed by atoms with van der Waals surface area (Å²) in [6, 6.07) is 17.6. The molecule has 0 saturated heterocycles. The fraction of sp³-hybridized carbons (Fsp3) is 0.348. The first-order valence-corrected chi connectivity index (χ1v) is 10.8. The van der Waals surface area contributed by atoms with Gasteiger partial charge in [0, 0.05) is 24.9 Å². The first-order chi connectivity index (χ1) is 14.2. The zero-order chi connectivity index (χ0) is 22.7. The number of hydrogen-bond acceptors (Lipinski definition) is 4. The molecule has 1 amide bonds. The quantitative estimate of drug-likeness (QED) is 0.429. The predicted molar refractivity (Wildman–Crippen MR) is 129 cm³/mol. The summed E-state index contributed by atoms with van der Waals surface area (Å²) in [5.74, 6) is -0.0427. The Morgan fingerprint density at radius 2 is 1.60 bits per heavy atom. The molecule has 0 aliphatic heterocycles. The molecule has 7 heteroatoms. The van der Waals surface area contributed by atoms with E-state index in [-0.39, 0.29) is 23.8 Å². The summed E-state index contributed by atoms with van der Waals surface area (Å²) in [5, 5.41) is 3.30. The maximum atomic E-state index is 12.3. The topological polar surface area (TPSA) is 58.6 Å². The summed E-state index contributed by atoms with van der Waals surface area (Å²) in [7, 11) is 1.35. The van der Waals surface area contributed by atoms with Gasteiger partial charge in [-0.1, -0.05) is 68.5 Å². The van der Waals surface area contributed by atoms with Gasteiger partial charge in [-0.3, -0.25) is 9.59 Å². The number of halogens is 1. The van der Waals surface area contributed by atoms with Crippen molar-refractivity contribution in [1.29, 1.82) is 0 Å². The normalized spacial score (nSPS) is 11.0. The number of carbonyl (C=O) groups is 2. The minimum atomic E-state index is -0.245. The molecule has 0 aromatic heterocycles. The van der Waals surface area contributed by atoms with Crippen molar-refractivity contribution in [3.8, 4) is 0 Å². The average Bonchev–Trinajstić information content (AvgIpc) is 2.70. The molecule has 0 fully saturated rings. The zero-order valence-corrected chi connectivity index (χ0v) is 20.4. The van der Waals surface area contributed by atoms with E-state index in [1.54, 1.807) is 6.92 Å². The maximum absolute atomic E-state index is 12.3. The Bertz CT molecular complexity index is 843.